The van der Waals surface area contributed by atoms with Crippen molar-refractivity contribution in [3.05, 3.63) is 58.6 Å². The number of hydrogen-bond donors (Lipinski definition) is 1. The van der Waals surface area contributed by atoms with E-state index in [-0.39, 0.29) is 11.9 Å². The number of nitrogens with zero attached hydrogens (tertiary/aromatic N) is 2. The number of hydrogen-bond acceptors (Lipinski definition) is 3. The van der Waals surface area contributed by atoms with Crippen molar-refractivity contribution in [2.24, 2.45) is 0 Å². The van der Waals surface area contributed by atoms with E-state index in [4.69, 9.17) is 0 Å². The van der Waals surface area contributed by atoms with E-state index in [9.17, 15) is 4.79 Å². The number of para-hydroxylation sites is 2. The molecule has 3 aromatic rings. The largest absolute Gasteiger partial charge is 0.340 e. The monoisotopic (exact) mass is 323 g/mol. The van der Waals surface area contributed by atoms with Gasteiger partial charge in [-0.05, 0) is 42.5 Å². The summed E-state index contributed by atoms with van der Waals surface area (Å²) in [5.74, 6) is 0.947. The molecular weight excluding hydrogens is 306 g/mol. The molecular formula is C18H17N3OS. The van der Waals surface area contributed by atoms with E-state index in [0.29, 0.717) is 0 Å². The second-order valence-electron chi connectivity index (χ2n) is 5.68. The van der Waals surface area contributed by atoms with Crippen LogP contribution in [-0.2, 0) is 4.79 Å². The molecule has 0 aliphatic carbocycles. The number of aromatic amines is 1. The summed E-state index contributed by atoms with van der Waals surface area (Å²) in [6.07, 6.45) is 5.53. The fourth-order valence-corrected chi connectivity index (χ4v) is 3.70. The van der Waals surface area contributed by atoms with Gasteiger partial charge in [-0.15, -0.1) is 11.3 Å². The summed E-state index contributed by atoms with van der Waals surface area (Å²) in [6, 6.07) is 12.0. The number of nitrogens with one attached hydrogen (secondary N) is 1. The molecule has 1 aromatic carbocycles. The molecule has 1 fully saturated rings. The third-order valence-electron chi connectivity index (χ3n) is 4.19. The predicted octanol–water partition coefficient (Wildman–Crippen LogP) is 4.00. The quantitative estimate of drug-likeness (QED) is 0.741. The maximum absolute atomic E-state index is 12.5. The lowest BCUT2D eigenvalue weighted by molar-refractivity contribution is -0.126. The number of carbonyl (C=O) groups is 1. The Morgan fingerprint density at radius 3 is 3.04 bits per heavy atom. The Labute approximate surface area is 138 Å². The van der Waals surface area contributed by atoms with Gasteiger partial charge in [0.1, 0.15) is 5.82 Å². The summed E-state index contributed by atoms with van der Waals surface area (Å²) in [5.41, 5.74) is 1.98. The summed E-state index contributed by atoms with van der Waals surface area (Å²) in [5, 5.41) is 2.01. The lowest BCUT2D eigenvalue weighted by atomic mass is 10.2. The van der Waals surface area contributed by atoms with Crippen molar-refractivity contribution in [1.82, 2.24) is 14.9 Å². The van der Waals surface area contributed by atoms with Gasteiger partial charge in [-0.1, -0.05) is 18.2 Å². The van der Waals surface area contributed by atoms with Crippen molar-refractivity contribution in [3.63, 3.8) is 0 Å². The zero-order valence-electron chi connectivity index (χ0n) is 12.6. The number of H-pyrrole nitrogens is 1. The normalized spacial score (nSPS) is 18.3. The van der Waals surface area contributed by atoms with Crippen molar-refractivity contribution in [2.45, 2.75) is 18.9 Å². The van der Waals surface area contributed by atoms with E-state index in [1.807, 2.05) is 52.8 Å². The first kappa shape index (κ1) is 14.2. The minimum atomic E-state index is 0.0443. The smallest absolute Gasteiger partial charge is 0.247 e. The van der Waals surface area contributed by atoms with Crippen LogP contribution < -0.4 is 0 Å². The van der Waals surface area contributed by atoms with Crippen LogP contribution in [0, 0.1) is 0 Å². The summed E-state index contributed by atoms with van der Waals surface area (Å²) in [6.45, 7) is 0.787. The third kappa shape index (κ3) is 2.80. The molecule has 0 bridgehead atoms. The van der Waals surface area contributed by atoms with Crippen molar-refractivity contribution < 1.29 is 4.79 Å². The average Bonchev–Trinajstić information content (AvgIpc) is 3.31. The van der Waals surface area contributed by atoms with Crippen LogP contribution in [0.4, 0.5) is 0 Å². The van der Waals surface area contributed by atoms with Crippen molar-refractivity contribution in [2.75, 3.05) is 6.54 Å². The molecule has 1 amide bonds. The molecule has 1 N–H and O–H groups in total. The maximum Gasteiger partial charge on any atom is 0.247 e. The second kappa shape index (κ2) is 6.01. The van der Waals surface area contributed by atoms with Gasteiger partial charge in [-0.2, -0.15) is 0 Å². The van der Waals surface area contributed by atoms with Crippen LogP contribution in [-0.4, -0.2) is 27.3 Å². The number of fused-ring (bicyclic) bond motifs is 1. The summed E-state index contributed by atoms with van der Waals surface area (Å²) in [4.78, 5) is 23.6. The Bertz CT molecular complexity index is 817. The highest BCUT2D eigenvalue weighted by molar-refractivity contribution is 7.10. The van der Waals surface area contributed by atoms with Crippen LogP contribution in [0.1, 0.15) is 29.6 Å². The molecule has 3 heterocycles. The molecule has 1 unspecified atom stereocenters. The Morgan fingerprint density at radius 1 is 1.30 bits per heavy atom. The van der Waals surface area contributed by atoms with Gasteiger partial charge in [0, 0.05) is 17.5 Å². The van der Waals surface area contributed by atoms with E-state index in [0.717, 1.165) is 41.1 Å². The number of amides is 1. The fourth-order valence-electron chi connectivity index (χ4n) is 3.08. The van der Waals surface area contributed by atoms with E-state index in [1.54, 1.807) is 17.4 Å². The molecule has 4 nitrogen and oxygen atoms in total. The number of imidazole rings is 1. The highest BCUT2D eigenvalue weighted by Crippen LogP contribution is 2.31. The second-order valence-corrected chi connectivity index (χ2v) is 6.66. The highest BCUT2D eigenvalue weighted by Gasteiger charge is 2.30. The molecule has 0 spiro atoms. The van der Waals surface area contributed by atoms with Crippen LogP contribution >= 0.6 is 11.3 Å². The zero-order chi connectivity index (χ0) is 15.6. The first-order chi connectivity index (χ1) is 11.3. The first-order valence-electron chi connectivity index (χ1n) is 7.78. The van der Waals surface area contributed by atoms with Gasteiger partial charge in [0.2, 0.25) is 5.91 Å². The molecule has 0 radical (unpaired) electrons. The van der Waals surface area contributed by atoms with Gasteiger partial charge < -0.3 is 9.88 Å². The molecule has 116 valence electrons. The van der Waals surface area contributed by atoms with E-state index in [1.165, 1.54) is 0 Å². The van der Waals surface area contributed by atoms with Crippen molar-refractivity contribution in [3.8, 4) is 0 Å². The Balaban J connectivity index is 1.57. The molecule has 0 saturated carbocycles. The molecule has 1 aliphatic heterocycles. The van der Waals surface area contributed by atoms with Crippen LogP contribution in [0.5, 0.6) is 0 Å². The number of thiophene rings is 1. The van der Waals surface area contributed by atoms with Crippen molar-refractivity contribution in [1.29, 1.82) is 0 Å². The number of benzene rings is 1. The van der Waals surface area contributed by atoms with Crippen LogP contribution in [0.15, 0.2) is 47.9 Å². The molecule has 5 heteroatoms. The average molecular weight is 323 g/mol. The van der Waals surface area contributed by atoms with Gasteiger partial charge in [-0.3, -0.25) is 4.79 Å². The number of carbonyl (C=O) groups excluding carboxylic acids is 1. The molecule has 23 heavy (non-hydrogen) atoms. The lowest BCUT2D eigenvalue weighted by Gasteiger charge is -2.21. The third-order valence-corrected chi connectivity index (χ3v) is 5.03. The maximum atomic E-state index is 12.5. The molecule has 1 atom stereocenters. The summed E-state index contributed by atoms with van der Waals surface area (Å²) >= 11 is 1.63. The molecule has 4 rings (SSSR count). The number of aromatic nitrogens is 2. The van der Waals surface area contributed by atoms with Gasteiger partial charge in [0.25, 0.3) is 0 Å². The lowest BCUT2D eigenvalue weighted by Crippen LogP contribution is -2.29. The van der Waals surface area contributed by atoms with E-state index >= 15 is 0 Å². The van der Waals surface area contributed by atoms with Gasteiger partial charge in [0.15, 0.2) is 0 Å². The Hall–Kier alpha value is -2.40. The first-order valence-corrected chi connectivity index (χ1v) is 8.66. The van der Waals surface area contributed by atoms with Crippen LogP contribution in [0.3, 0.4) is 0 Å². The van der Waals surface area contributed by atoms with Crippen molar-refractivity contribution >= 4 is 34.4 Å². The SMILES string of the molecule is O=C(/C=C/c1cccs1)N1CCCC1c1nc2ccccc2[nH]1. The summed E-state index contributed by atoms with van der Waals surface area (Å²) < 4.78 is 0. The van der Waals surface area contributed by atoms with Gasteiger partial charge in [-0.25, -0.2) is 4.98 Å². The van der Waals surface area contributed by atoms with E-state index in [2.05, 4.69) is 9.97 Å². The topological polar surface area (TPSA) is 49.0 Å². The fraction of sp³-hybridized carbons (Fsp3) is 0.222. The Morgan fingerprint density at radius 2 is 2.22 bits per heavy atom. The van der Waals surface area contributed by atoms with Gasteiger partial charge in [0.05, 0.1) is 17.1 Å². The minimum Gasteiger partial charge on any atom is -0.340 e. The predicted molar refractivity (Wildman–Crippen MR) is 93.1 cm³/mol. The highest BCUT2D eigenvalue weighted by atomic mass is 32.1. The van der Waals surface area contributed by atoms with Gasteiger partial charge >= 0.3 is 0 Å². The Kier molecular flexibility index (Phi) is 3.71. The number of rotatable bonds is 3. The number of likely N-dealkylation sites (tertiary alicyclic amines) is 1. The molecule has 1 saturated heterocycles. The standard InChI is InChI=1S/C18H17N3OS/c22-17(10-9-13-5-4-12-23-13)21-11-3-8-16(21)18-19-14-6-1-2-7-15(14)20-18/h1-2,4-7,9-10,12,16H,3,8,11H2,(H,19,20)/b10-9+. The zero-order valence-corrected chi connectivity index (χ0v) is 13.4. The molecule has 1 aliphatic rings. The summed E-state index contributed by atoms with van der Waals surface area (Å²) in [7, 11) is 0. The van der Waals surface area contributed by atoms with Crippen LogP contribution in [0.2, 0.25) is 0 Å². The molecule has 2 aromatic heterocycles. The minimum absolute atomic E-state index is 0.0443. The van der Waals surface area contributed by atoms with E-state index < -0.39 is 0 Å². The van der Waals surface area contributed by atoms with Crippen LogP contribution in [0.25, 0.3) is 17.1 Å².